The van der Waals surface area contributed by atoms with E-state index in [0.29, 0.717) is 11.3 Å². The van der Waals surface area contributed by atoms with E-state index in [1.165, 1.54) is 0 Å². The summed E-state index contributed by atoms with van der Waals surface area (Å²) in [6, 6.07) is 13.2. The molecule has 2 aromatic carbocycles. The molecule has 1 atom stereocenters. The molecule has 1 aliphatic rings. The maximum Gasteiger partial charge on any atom is 0.266 e. The first-order valence-electron chi connectivity index (χ1n) is 7.40. The molecule has 2 N–H and O–H groups in total. The van der Waals surface area contributed by atoms with Crippen LogP contribution in [0.25, 0.3) is 0 Å². The van der Waals surface area contributed by atoms with E-state index < -0.39 is 11.9 Å². The maximum atomic E-state index is 12.5. The quantitative estimate of drug-likeness (QED) is 0.374. The van der Waals surface area contributed by atoms with Crippen molar-refractivity contribution in [1.29, 1.82) is 0 Å². The molecule has 0 unspecified atom stereocenters. The average Bonchev–Trinajstić information content (AvgIpc) is 2.88. The van der Waals surface area contributed by atoms with Gasteiger partial charge in [-0.05, 0) is 59.0 Å². The number of hydrogen-bond acceptors (Lipinski definition) is 4. The van der Waals surface area contributed by atoms with Crippen molar-refractivity contribution in [3.63, 3.8) is 0 Å². The summed E-state index contributed by atoms with van der Waals surface area (Å²) in [5.74, 6) is -1.06. The number of anilines is 1. The van der Waals surface area contributed by atoms with Crippen LogP contribution in [0.15, 0.2) is 53.0 Å². The second-order valence-electron chi connectivity index (χ2n) is 5.38. The van der Waals surface area contributed by atoms with Crippen LogP contribution in [0.3, 0.4) is 0 Å². The minimum atomic E-state index is -0.790. The molecule has 0 bridgehead atoms. The third kappa shape index (κ3) is 3.91. The highest BCUT2D eigenvalue weighted by Gasteiger charge is 2.39. The van der Waals surface area contributed by atoms with Crippen molar-refractivity contribution in [1.82, 2.24) is 10.9 Å². The molecular formula is C17H13BrIN3O3. The Morgan fingerprint density at radius 2 is 1.80 bits per heavy atom. The summed E-state index contributed by atoms with van der Waals surface area (Å²) < 4.78 is 1.65. The average molecular weight is 514 g/mol. The minimum absolute atomic E-state index is 0.0128. The van der Waals surface area contributed by atoms with E-state index in [4.69, 9.17) is 0 Å². The highest BCUT2D eigenvalue weighted by molar-refractivity contribution is 14.1. The van der Waals surface area contributed by atoms with E-state index in [-0.39, 0.29) is 18.2 Å². The first-order valence-corrected chi connectivity index (χ1v) is 9.27. The van der Waals surface area contributed by atoms with Gasteiger partial charge in [0, 0.05) is 8.04 Å². The lowest BCUT2D eigenvalue weighted by Crippen LogP contribution is -2.48. The Kier molecular flexibility index (Phi) is 5.50. The van der Waals surface area contributed by atoms with Crippen LogP contribution in [0.2, 0.25) is 0 Å². The molecule has 1 heterocycles. The Balaban J connectivity index is 1.67. The molecule has 1 saturated heterocycles. The Bertz CT molecular complexity index is 841. The van der Waals surface area contributed by atoms with Gasteiger partial charge in [-0.3, -0.25) is 19.8 Å². The lowest BCUT2D eigenvalue weighted by Gasteiger charge is -2.16. The first kappa shape index (κ1) is 18.0. The number of nitrogens with zero attached hydrogens (tertiary/aromatic N) is 1. The van der Waals surface area contributed by atoms with Crippen LogP contribution in [0.1, 0.15) is 16.8 Å². The minimum Gasteiger partial charge on any atom is -0.287 e. The number of hydrogen-bond donors (Lipinski definition) is 2. The van der Waals surface area contributed by atoms with Crippen molar-refractivity contribution in [3.05, 3.63) is 62.1 Å². The van der Waals surface area contributed by atoms with Gasteiger partial charge < -0.3 is 0 Å². The smallest absolute Gasteiger partial charge is 0.266 e. The molecule has 1 fully saturated rings. The van der Waals surface area contributed by atoms with E-state index in [1.807, 2.05) is 12.1 Å². The van der Waals surface area contributed by atoms with Gasteiger partial charge in [0.05, 0.1) is 17.7 Å². The molecule has 25 heavy (non-hydrogen) atoms. The lowest BCUT2D eigenvalue weighted by molar-refractivity contribution is -0.121. The van der Waals surface area contributed by atoms with Gasteiger partial charge in [-0.1, -0.05) is 28.1 Å². The topological polar surface area (TPSA) is 78.5 Å². The standard InChI is InChI=1S/C17H13BrIN3O3/c18-10-5-7-11(8-6-10)22-15(23)9-14(17(22)25)20-21-16(24)12-3-1-2-4-13(12)19/h1-8,14,20H,9H2,(H,21,24)/t14-/m0/s1. The first-order chi connectivity index (χ1) is 12.0. The molecule has 0 radical (unpaired) electrons. The summed E-state index contributed by atoms with van der Waals surface area (Å²) in [7, 11) is 0. The summed E-state index contributed by atoms with van der Waals surface area (Å²) in [4.78, 5) is 38.0. The number of carbonyl (C=O) groups is 3. The summed E-state index contributed by atoms with van der Waals surface area (Å²) in [6.45, 7) is 0. The molecular weight excluding hydrogens is 501 g/mol. The number of nitrogens with one attached hydrogen (secondary N) is 2. The van der Waals surface area contributed by atoms with Gasteiger partial charge in [0.25, 0.3) is 11.8 Å². The van der Waals surface area contributed by atoms with E-state index in [9.17, 15) is 14.4 Å². The second-order valence-corrected chi connectivity index (χ2v) is 7.46. The van der Waals surface area contributed by atoms with Crippen LogP contribution in [0, 0.1) is 3.57 Å². The molecule has 8 heteroatoms. The zero-order chi connectivity index (χ0) is 18.0. The van der Waals surface area contributed by atoms with Gasteiger partial charge in [0.2, 0.25) is 5.91 Å². The highest BCUT2D eigenvalue weighted by Crippen LogP contribution is 2.24. The SMILES string of the molecule is O=C(NN[C@H]1CC(=O)N(c2ccc(Br)cc2)C1=O)c1ccccc1I. The molecule has 6 nitrogen and oxygen atoms in total. The number of rotatable bonds is 4. The fourth-order valence-electron chi connectivity index (χ4n) is 2.47. The van der Waals surface area contributed by atoms with E-state index >= 15 is 0 Å². The predicted octanol–water partition coefficient (Wildman–Crippen LogP) is 2.62. The molecule has 0 spiro atoms. The van der Waals surface area contributed by atoms with Crippen molar-refractivity contribution in [2.75, 3.05) is 4.90 Å². The number of hydrazine groups is 1. The number of halogens is 2. The molecule has 3 rings (SSSR count). The van der Waals surface area contributed by atoms with E-state index in [2.05, 4.69) is 49.4 Å². The summed E-state index contributed by atoms with van der Waals surface area (Å²) in [6.07, 6.45) is -0.0128. The summed E-state index contributed by atoms with van der Waals surface area (Å²) >= 11 is 5.38. The highest BCUT2D eigenvalue weighted by atomic mass is 127. The molecule has 1 aliphatic heterocycles. The van der Waals surface area contributed by atoms with Crippen LogP contribution in [0.4, 0.5) is 5.69 Å². The van der Waals surface area contributed by atoms with Gasteiger partial charge in [-0.15, -0.1) is 0 Å². The van der Waals surface area contributed by atoms with Crippen LogP contribution in [-0.4, -0.2) is 23.8 Å². The van der Waals surface area contributed by atoms with Crippen molar-refractivity contribution in [3.8, 4) is 0 Å². The molecule has 2 aromatic rings. The molecule has 0 saturated carbocycles. The van der Waals surface area contributed by atoms with Crippen LogP contribution < -0.4 is 15.8 Å². The van der Waals surface area contributed by atoms with E-state index in [1.54, 1.807) is 36.4 Å². The van der Waals surface area contributed by atoms with Gasteiger partial charge >= 0.3 is 0 Å². The monoisotopic (exact) mass is 513 g/mol. The Morgan fingerprint density at radius 1 is 1.12 bits per heavy atom. The van der Waals surface area contributed by atoms with Gasteiger partial charge in [-0.25, -0.2) is 10.3 Å². The second kappa shape index (κ2) is 7.63. The zero-order valence-corrected chi connectivity index (χ0v) is 16.6. The largest absolute Gasteiger partial charge is 0.287 e. The third-order valence-electron chi connectivity index (χ3n) is 3.71. The molecule has 3 amide bonds. The molecule has 128 valence electrons. The van der Waals surface area contributed by atoms with Gasteiger partial charge in [0.15, 0.2) is 0 Å². The summed E-state index contributed by atoms with van der Waals surface area (Å²) in [5.41, 5.74) is 6.19. The molecule has 0 aromatic heterocycles. The lowest BCUT2D eigenvalue weighted by atomic mass is 10.2. The Labute approximate surface area is 166 Å². The third-order valence-corrected chi connectivity index (χ3v) is 5.18. The number of carbonyl (C=O) groups excluding carboxylic acids is 3. The van der Waals surface area contributed by atoms with Crippen LogP contribution >= 0.6 is 38.5 Å². The number of benzene rings is 2. The Morgan fingerprint density at radius 3 is 2.48 bits per heavy atom. The predicted molar refractivity (Wildman–Crippen MR) is 105 cm³/mol. The molecule has 0 aliphatic carbocycles. The van der Waals surface area contributed by atoms with Crippen molar-refractivity contribution >= 4 is 61.9 Å². The van der Waals surface area contributed by atoms with E-state index in [0.717, 1.165) is 12.9 Å². The van der Waals surface area contributed by atoms with Crippen molar-refractivity contribution in [2.45, 2.75) is 12.5 Å². The number of imide groups is 1. The van der Waals surface area contributed by atoms with Crippen molar-refractivity contribution < 1.29 is 14.4 Å². The van der Waals surface area contributed by atoms with Crippen molar-refractivity contribution in [2.24, 2.45) is 0 Å². The van der Waals surface area contributed by atoms with Gasteiger partial charge in [-0.2, -0.15) is 0 Å². The fourth-order valence-corrected chi connectivity index (χ4v) is 3.37. The normalized spacial score (nSPS) is 17.0. The fraction of sp³-hybridized carbons (Fsp3) is 0.118. The maximum absolute atomic E-state index is 12.5. The van der Waals surface area contributed by atoms with Crippen LogP contribution in [-0.2, 0) is 9.59 Å². The zero-order valence-electron chi connectivity index (χ0n) is 12.8. The Hall–Kier alpha value is -1.78. The summed E-state index contributed by atoms with van der Waals surface area (Å²) in [5, 5.41) is 0. The number of amides is 3. The van der Waals surface area contributed by atoms with Crippen LogP contribution in [0.5, 0.6) is 0 Å². The van der Waals surface area contributed by atoms with Gasteiger partial charge in [0.1, 0.15) is 6.04 Å².